The molecule has 0 spiro atoms. The lowest BCUT2D eigenvalue weighted by Crippen LogP contribution is -2.37. The average molecular weight is 451 g/mol. The monoisotopic (exact) mass is 450 g/mol. The Morgan fingerprint density at radius 3 is 2.44 bits per heavy atom. The highest BCUT2D eigenvalue weighted by Gasteiger charge is 2.19. The lowest BCUT2D eigenvalue weighted by atomic mass is 10.1. The summed E-state index contributed by atoms with van der Waals surface area (Å²) in [5, 5.41) is 3.97. The quantitative estimate of drug-likeness (QED) is 0.517. The van der Waals surface area contributed by atoms with Crippen LogP contribution < -0.4 is 16.0 Å². The molecule has 2 aromatic carbocycles. The summed E-state index contributed by atoms with van der Waals surface area (Å²) in [4.78, 5) is 28.6. The van der Waals surface area contributed by atoms with Gasteiger partial charge in [0.15, 0.2) is 0 Å². The number of H-pyrrole nitrogens is 1. The maximum absolute atomic E-state index is 13.3. The zero-order valence-corrected chi connectivity index (χ0v) is 18.4. The van der Waals surface area contributed by atoms with Crippen LogP contribution in [0.1, 0.15) is 11.3 Å². The molecular formula is C24H23ClN4O3. The molecule has 1 fully saturated rings. The molecule has 164 valence electrons. The largest absolute Gasteiger partial charge is 0.378 e. The minimum atomic E-state index is -0.235. The summed E-state index contributed by atoms with van der Waals surface area (Å²) in [6.07, 6.45) is 0. The van der Waals surface area contributed by atoms with Crippen molar-refractivity contribution >= 4 is 28.2 Å². The van der Waals surface area contributed by atoms with Crippen molar-refractivity contribution in [3.63, 3.8) is 0 Å². The summed E-state index contributed by atoms with van der Waals surface area (Å²) in [5.74, 6) is 0. The van der Waals surface area contributed by atoms with Crippen molar-refractivity contribution in [3.05, 3.63) is 91.6 Å². The number of anilines is 1. The molecule has 0 bridgehead atoms. The second-order valence-electron chi connectivity index (χ2n) is 7.87. The molecule has 0 radical (unpaired) electrons. The number of morpholine rings is 1. The Kier molecular flexibility index (Phi) is 5.36. The molecule has 4 aromatic rings. The third-order valence-corrected chi connectivity index (χ3v) is 6.30. The van der Waals surface area contributed by atoms with Crippen molar-refractivity contribution in [2.24, 2.45) is 0 Å². The predicted octanol–water partition coefficient (Wildman–Crippen LogP) is 3.33. The van der Waals surface area contributed by atoms with Gasteiger partial charge in [-0.15, -0.1) is 0 Å². The van der Waals surface area contributed by atoms with Crippen LogP contribution in [0.5, 0.6) is 0 Å². The van der Waals surface area contributed by atoms with E-state index in [1.807, 2.05) is 31.2 Å². The molecule has 7 nitrogen and oxygen atoms in total. The lowest BCUT2D eigenvalue weighted by Gasteiger charge is -2.30. The van der Waals surface area contributed by atoms with E-state index < -0.39 is 0 Å². The number of aromatic amines is 1. The van der Waals surface area contributed by atoms with E-state index in [0.29, 0.717) is 47.1 Å². The standard InChI is InChI=1S/C24H23ClN4O3/c1-16-23-19(26-29(24(23)31)21-9-5-3-7-18(21)25)14-22(30)28(16)15-17-6-2-4-8-20(17)27-10-12-32-13-11-27/h2-9,14,26H,10-13,15H2,1H3. The molecule has 1 aliphatic heterocycles. The van der Waals surface area contributed by atoms with Gasteiger partial charge in [0.25, 0.3) is 11.1 Å². The Morgan fingerprint density at radius 1 is 1.00 bits per heavy atom. The SMILES string of the molecule is Cc1c2c(=O)n(-c3ccccc3Cl)[nH]c2cc(=O)n1Cc1ccccc1N1CCOCC1. The molecule has 0 aliphatic carbocycles. The first-order valence-corrected chi connectivity index (χ1v) is 10.9. The number of aryl methyl sites for hydroxylation is 1. The molecule has 1 saturated heterocycles. The van der Waals surface area contributed by atoms with Gasteiger partial charge < -0.3 is 14.2 Å². The average Bonchev–Trinajstić information content (AvgIpc) is 3.13. The van der Waals surface area contributed by atoms with Gasteiger partial charge >= 0.3 is 0 Å². The van der Waals surface area contributed by atoms with Gasteiger partial charge in [-0.05, 0) is 30.7 Å². The number of aromatic nitrogens is 3. The second-order valence-corrected chi connectivity index (χ2v) is 8.28. The zero-order chi connectivity index (χ0) is 22.2. The fraction of sp³-hybridized carbons (Fsp3) is 0.250. The topological polar surface area (TPSA) is 72.3 Å². The minimum Gasteiger partial charge on any atom is -0.378 e. The van der Waals surface area contributed by atoms with Crippen LogP contribution in [0.2, 0.25) is 5.02 Å². The van der Waals surface area contributed by atoms with Crippen molar-refractivity contribution in [2.75, 3.05) is 31.2 Å². The maximum Gasteiger partial charge on any atom is 0.280 e. The fourth-order valence-electron chi connectivity index (χ4n) is 4.34. The fourth-order valence-corrected chi connectivity index (χ4v) is 4.56. The van der Waals surface area contributed by atoms with Crippen LogP contribution in [0.25, 0.3) is 16.6 Å². The zero-order valence-electron chi connectivity index (χ0n) is 17.7. The molecule has 2 aromatic heterocycles. The molecule has 5 rings (SSSR count). The first-order chi connectivity index (χ1) is 15.5. The molecule has 0 amide bonds. The Balaban J connectivity index is 1.61. The van der Waals surface area contributed by atoms with Gasteiger partial charge in [-0.25, -0.2) is 4.68 Å². The van der Waals surface area contributed by atoms with E-state index in [9.17, 15) is 9.59 Å². The molecule has 3 heterocycles. The van der Waals surface area contributed by atoms with E-state index in [-0.39, 0.29) is 11.1 Å². The molecule has 1 aliphatic rings. The maximum atomic E-state index is 13.3. The van der Waals surface area contributed by atoms with E-state index in [1.165, 1.54) is 10.7 Å². The van der Waals surface area contributed by atoms with Gasteiger partial charge in [-0.2, -0.15) is 0 Å². The lowest BCUT2D eigenvalue weighted by molar-refractivity contribution is 0.122. The molecule has 1 N–H and O–H groups in total. The van der Waals surface area contributed by atoms with E-state index in [4.69, 9.17) is 16.3 Å². The van der Waals surface area contributed by atoms with Crippen LogP contribution in [-0.2, 0) is 11.3 Å². The van der Waals surface area contributed by atoms with Crippen LogP contribution in [0, 0.1) is 6.92 Å². The van der Waals surface area contributed by atoms with Crippen LogP contribution in [0.15, 0.2) is 64.2 Å². The minimum absolute atomic E-state index is 0.167. The van der Waals surface area contributed by atoms with Crippen LogP contribution >= 0.6 is 11.6 Å². The van der Waals surface area contributed by atoms with Crippen molar-refractivity contribution in [1.29, 1.82) is 0 Å². The molecular weight excluding hydrogens is 428 g/mol. The van der Waals surface area contributed by atoms with Crippen molar-refractivity contribution in [3.8, 4) is 5.69 Å². The van der Waals surface area contributed by atoms with E-state index in [0.717, 1.165) is 24.3 Å². The van der Waals surface area contributed by atoms with Crippen LogP contribution in [-0.4, -0.2) is 40.7 Å². The summed E-state index contributed by atoms with van der Waals surface area (Å²) in [7, 11) is 0. The van der Waals surface area contributed by atoms with E-state index in [2.05, 4.69) is 16.1 Å². The van der Waals surface area contributed by atoms with Gasteiger partial charge in [-0.3, -0.25) is 14.7 Å². The highest BCUT2D eigenvalue weighted by Crippen LogP contribution is 2.24. The summed E-state index contributed by atoms with van der Waals surface area (Å²) in [6.45, 7) is 5.18. The number of nitrogens with one attached hydrogen (secondary N) is 1. The Hall–Kier alpha value is -3.29. The number of benzene rings is 2. The summed E-state index contributed by atoms with van der Waals surface area (Å²) in [5.41, 5.74) is 3.38. The van der Waals surface area contributed by atoms with Gasteiger partial charge in [0.2, 0.25) is 0 Å². The van der Waals surface area contributed by atoms with Crippen LogP contribution in [0.3, 0.4) is 0 Å². The highest BCUT2D eigenvalue weighted by atomic mass is 35.5. The first-order valence-electron chi connectivity index (χ1n) is 10.6. The summed E-state index contributed by atoms with van der Waals surface area (Å²) in [6, 6.07) is 16.7. The highest BCUT2D eigenvalue weighted by molar-refractivity contribution is 6.32. The third-order valence-electron chi connectivity index (χ3n) is 5.98. The number of nitrogens with zero attached hydrogens (tertiary/aromatic N) is 3. The van der Waals surface area contributed by atoms with E-state index >= 15 is 0 Å². The van der Waals surface area contributed by atoms with Crippen molar-refractivity contribution < 1.29 is 4.74 Å². The number of ether oxygens (including phenoxy) is 1. The smallest absolute Gasteiger partial charge is 0.280 e. The number of rotatable bonds is 4. The van der Waals surface area contributed by atoms with Gasteiger partial charge in [0.1, 0.15) is 0 Å². The summed E-state index contributed by atoms with van der Waals surface area (Å²) < 4.78 is 8.53. The normalized spacial score (nSPS) is 14.2. The predicted molar refractivity (Wildman–Crippen MR) is 126 cm³/mol. The number of hydrogen-bond acceptors (Lipinski definition) is 4. The Morgan fingerprint density at radius 2 is 1.69 bits per heavy atom. The summed E-state index contributed by atoms with van der Waals surface area (Å²) >= 11 is 6.30. The molecule has 0 atom stereocenters. The Labute approximate surface area is 189 Å². The molecule has 0 saturated carbocycles. The molecule has 0 unspecified atom stereocenters. The second kappa shape index (κ2) is 8.33. The van der Waals surface area contributed by atoms with Gasteiger partial charge in [0.05, 0.1) is 41.4 Å². The Bertz CT molecular complexity index is 1410. The number of pyridine rings is 1. The van der Waals surface area contributed by atoms with Crippen LogP contribution in [0.4, 0.5) is 5.69 Å². The molecule has 32 heavy (non-hydrogen) atoms. The first kappa shape index (κ1) is 20.6. The van der Waals surface area contributed by atoms with E-state index in [1.54, 1.807) is 22.8 Å². The van der Waals surface area contributed by atoms with Gasteiger partial charge in [-0.1, -0.05) is 41.9 Å². The van der Waals surface area contributed by atoms with Crippen molar-refractivity contribution in [1.82, 2.24) is 14.3 Å². The number of fused-ring (bicyclic) bond motifs is 1. The van der Waals surface area contributed by atoms with Crippen molar-refractivity contribution in [2.45, 2.75) is 13.5 Å². The third kappa shape index (κ3) is 3.53. The van der Waals surface area contributed by atoms with Gasteiger partial charge in [0, 0.05) is 30.5 Å². The number of halogens is 1. The molecule has 8 heteroatoms. The number of para-hydroxylation sites is 2. The number of hydrogen-bond donors (Lipinski definition) is 1.